The van der Waals surface area contributed by atoms with Crippen molar-refractivity contribution in [1.29, 1.82) is 0 Å². The number of amides is 2. The van der Waals surface area contributed by atoms with E-state index in [0.717, 1.165) is 65.3 Å². The van der Waals surface area contributed by atoms with Crippen LogP contribution < -0.4 is 15.4 Å². The Hall–Kier alpha value is -4.07. The van der Waals surface area contributed by atoms with Gasteiger partial charge in [-0.05, 0) is 61.4 Å². The minimum atomic E-state index is -0.0644. The standard InChI is InChI=1S/C24H24N6O2/c1-32-19-9-7-16(8-10-19)21-20-11-12-25-22(20)29-23(28-21)26-17-5-4-6-18(15-17)27-24(31)30-13-2-3-14-30/h4-12,15H,2-3,13-14H2,1H3,(H,27,31)(H2,25,26,28,29). The highest BCUT2D eigenvalue weighted by atomic mass is 16.5. The van der Waals surface area contributed by atoms with Gasteiger partial charge >= 0.3 is 6.03 Å². The van der Waals surface area contributed by atoms with Gasteiger partial charge in [0.05, 0.1) is 12.8 Å². The molecular weight excluding hydrogens is 404 g/mol. The second kappa shape index (κ2) is 8.58. The quantitative estimate of drug-likeness (QED) is 0.416. The van der Waals surface area contributed by atoms with E-state index in [4.69, 9.17) is 9.72 Å². The summed E-state index contributed by atoms with van der Waals surface area (Å²) in [7, 11) is 1.65. The molecule has 0 bridgehead atoms. The molecule has 0 atom stereocenters. The Kier molecular flexibility index (Phi) is 5.33. The fraction of sp³-hybridized carbons (Fsp3) is 0.208. The monoisotopic (exact) mass is 428 g/mol. The van der Waals surface area contributed by atoms with Gasteiger partial charge in [0.25, 0.3) is 0 Å². The highest BCUT2D eigenvalue weighted by Crippen LogP contribution is 2.29. The molecule has 1 aliphatic heterocycles. The minimum Gasteiger partial charge on any atom is -0.497 e. The van der Waals surface area contributed by atoms with Crippen LogP contribution in [0.1, 0.15) is 12.8 Å². The second-order valence-corrected chi connectivity index (χ2v) is 7.69. The molecule has 162 valence electrons. The summed E-state index contributed by atoms with van der Waals surface area (Å²) in [5, 5.41) is 7.18. The number of hydrogen-bond acceptors (Lipinski definition) is 5. The fourth-order valence-corrected chi connectivity index (χ4v) is 3.89. The number of carbonyl (C=O) groups excluding carboxylic acids is 1. The van der Waals surface area contributed by atoms with Crippen molar-refractivity contribution in [2.24, 2.45) is 0 Å². The number of H-pyrrole nitrogens is 1. The number of benzene rings is 2. The number of ether oxygens (including phenoxy) is 1. The predicted molar refractivity (Wildman–Crippen MR) is 125 cm³/mol. The van der Waals surface area contributed by atoms with E-state index in [9.17, 15) is 4.79 Å². The maximum Gasteiger partial charge on any atom is 0.321 e. The number of methoxy groups -OCH3 is 1. The molecular formula is C24H24N6O2. The number of hydrogen-bond donors (Lipinski definition) is 3. The van der Waals surface area contributed by atoms with Gasteiger partial charge in [-0.25, -0.2) is 9.78 Å². The number of urea groups is 1. The van der Waals surface area contributed by atoms with Crippen LogP contribution in [0.4, 0.5) is 22.1 Å². The van der Waals surface area contributed by atoms with Gasteiger partial charge in [-0.1, -0.05) is 6.07 Å². The number of nitrogens with zero attached hydrogens (tertiary/aromatic N) is 3. The van der Waals surface area contributed by atoms with Gasteiger partial charge in [0.2, 0.25) is 5.95 Å². The first-order valence-electron chi connectivity index (χ1n) is 10.6. The van der Waals surface area contributed by atoms with Crippen LogP contribution in [-0.2, 0) is 0 Å². The van der Waals surface area contributed by atoms with Crippen LogP contribution >= 0.6 is 0 Å². The van der Waals surface area contributed by atoms with E-state index in [1.165, 1.54) is 0 Å². The number of likely N-dealkylation sites (tertiary alicyclic amines) is 1. The molecule has 8 heteroatoms. The van der Waals surface area contributed by atoms with Gasteiger partial charge in [-0.3, -0.25) is 0 Å². The Morgan fingerprint density at radius 1 is 1.03 bits per heavy atom. The fourth-order valence-electron chi connectivity index (χ4n) is 3.89. The van der Waals surface area contributed by atoms with Gasteiger partial charge < -0.3 is 25.3 Å². The molecule has 5 rings (SSSR count). The number of anilines is 3. The first-order valence-corrected chi connectivity index (χ1v) is 10.6. The van der Waals surface area contributed by atoms with Crippen molar-refractivity contribution in [2.45, 2.75) is 12.8 Å². The van der Waals surface area contributed by atoms with E-state index < -0.39 is 0 Å². The highest BCUT2D eigenvalue weighted by Gasteiger charge is 2.18. The van der Waals surface area contributed by atoms with Crippen LogP contribution in [-0.4, -0.2) is 46.1 Å². The lowest BCUT2D eigenvalue weighted by Gasteiger charge is -2.16. The van der Waals surface area contributed by atoms with Gasteiger partial charge in [0.1, 0.15) is 11.4 Å². The summed E-state index contributed by atoms with van der Waals surface area (Å²) in [6.45, 7) is 1.61. The molecule has 4 aromatic rings. The van der Waals surface area contributed by atoms with Crippen molar-refractivity contribution >= 4 is 34.4 Å². The van der Waals surface area contributed by atoms with Gasteiger partial charge in [-0.2, -0.15) is 4.98 Å². The SMILES string of the molecule is COc1ccc(-c2nc(Nc3cccc(NC(=O)N4CCCC4)c3)nc3[nH]ccc23)cc1. The van der Waals surface area contributed by atoms with E-state index >= 15 is 0 Å². The molecule has 0 unspecified atom stereocenters. The van der Waals surface area contributed by atoms with Crippen molar-refractivity contribution in [3.63, 3.8) is 0 Å². The zero-order valence-electron chi connectivity index (χ0n) is 17.8. The number of fused-ring (bicyclic) bond motifs is 1. The van der Waals surface area contributed by atoms with Crippen LogP contribution in [0.25, 0.3) is 22.3 Å². The summed E-state index contributed by atoms with van der Waals surface area (Å²) < 4.78 is 5.27. The Bertz CT molecular complexity index is 1250. The molecule has 0 spiro atoms. The Morgan fingerprint density at radius 3 is 2.59 bits per heavy atom. The number of aromatic nitrogens is 3. The Balaban J connectivity index is 1.41. The molecule has 3 N–H and O–H groups in total. The highest BCUT2D eigenvalue weighted by molar-refractivity contribution is 5.92. The van der Waals surface area contributed by atoms with Crippen molar-refractivity contribution in [3.8, 4) is 17.0 Å². The lowest BCUT2D eigenvalue weighted by Crippen LogP contribution is -2.32. The van der Waals surface area contributed by atoms with Crippen molar-refractivity contribution in [3.05, 3.63) is 60.8 Å². The van der Waals surface area contributed by atoms with Crippen LogP contribution in [0.5, 0.6) is 5.75 Å². The molecule has 8 nitrogen and oxygen atoms in total. The van der Waals surface area contributed by atoms with E-state index in [1.807, 2.05) is 65.7 Å². The number of aromatic amines is 1. The minimum absolute atomic E-state index is 0.0644. The summed E-state index contributed by atoms with van der Waals surface area (Å²) in [6.07, 6.45) is 3.97. The number of rotatable bonds is 5. The molecule has 2 aromatic carbocycles. The normalized spacial score (nSPS) is 13.3. The summed E-state index contributed by atoms with van der Waals surface area (Å²) in [4.78, 5) is 26.8. The van der Waals surface area contributed by atoms with Gasteiger partial charge in [0, 0.05) is 41.6 Å². The van der Waals surface area contributed by atoms with Crippen LogP contribution in [0.3, 0.4) is 0 Å². The Morgan fingerprint density at radius 2 is 1.81 bits per heavy atom. The van der Waals surface area contributed by atoms with Crippen LogP contribution in [0, 0.1) is 0 Å². The zero-order valence-corrected chi connectivity index (χ0v) is 17.8. The molecule has 0 aliphatic carbocycles. The molecule has 0 radical (unpaired) electrons. The van der Waals surface area contributed by atoms with Crippen LogP contribution in [0.2, 0.25) is 0 Å². The topological polar surface area (TPSA) is 95.2 Å². The van der Waals surface area contributed by atoms with Crippen molar-refractivity contribution in [1.82, 2.24) is 19.9 Å². The molecule has 1 fully saturated rings. The Labute approximate surface area is 185 Å². The third-order valence-electron chi connectivity index (χ3n) is 5.54. The first-order chi connectivity index (χ1) is 15.7. The van der Waals surface area contributed by atoms with Gasteiger partial charge in [0.15, 0.2) is 0 Å². The maximum atomic E-state index is 12.4. The van der Waals surface area contributed by atoms with Crippen molar-refractivity contribution < 1.29 is 9.53 Å². The maximum absolute atomic E-state index is 12.4. The molecule has 3 heterocycles. The molecule has 32 heavy (non-hydrogen) atoms. The average Bonchev–Trinajstić information content (AvgIpc) is 3.51. The largest absolute Gasteiger partial charge is 0.497 e. The summed E-state index contributed by atoms with van der Waals surface area (Å²) in [5.74, 6) is 1.26. The van der Waals surface area contributed by atoms with Crippen molar-refractivity contribution in [2.75, 3.05) is 30.8 Å². The summed E-state index contributed by atoms with van der Waals surface area (Å²) in [6, 6.07) is 17.2. The van der Waals surface area contributed by atoms with E-state index in [0.29, 0.717) is 5.95 Å². The molecule has 1 aliphatic rings. The lowest BCUT2D eigenvalue weighted by atomic mass is 10.1. The van der Waals surface area contributed by atoms with Crippen LogP contribution in [0.15, 0.2) is 60.8 Å². The van der Waals surface area contributed by atoms with E-state index in [2.05, 4.69) is 20.6 Å². The van der Waals surface area contributed by atoms with E-state index in [1.54, 1.807) is 7.11 Å². The zero-order chi connectivity index (χ0) is 21.9. The van der Waals surface area contributed by atoms with E-state index in [-0.39, 0.29) is 6.03 Å². The molecule has 2 aromatic heterocycles. The number of nitrogens with one attached hydrogen (secondary N) is 3. The first kappa shape index (κ1) is 19.9. The summed E-state index contributed by atoms with van der Waals surface area (Å²) in [5.41, 5.74) is 4.04. The molecule has 2 amide bonds. The number of carbonyl (C=O) groups is 1. The third kappa shape index (κ3) is 4.07. The van der Waals surface area contributed by atoms with Gasteiger partial charge in [-0.15, -0.1) is 0 Å². The smallest absolute Gasteiger partial charge is 0.321 e. The lowest BCUT2D eigenvalue weighted by molar-refractivity contribution is 0.222. The average molecular weight is 428 g/mol. The third-order valence-corrected chi connectivity index (χ3v) is 5.54. The summed E-state index contributed by atoms with van der Waals surface area (Å²) >= 11 is 0. The predicted octanol–water partition coefficient (Wildman–Crippen LogP) is 5.00. The molecule has 0 saturated carbocycles. The second-order valence-electron chi connectivity index (χ2n) is 7.69. The molecule has 1 saturated heterocycles.